The molecule has 6 nitrogen and oxygen atoms in total. The van der Waals surface area contributed by atoms with Gasteiger partial charge in [-0.25, -0.2) is 4.39 Å². The Morgan fingerprint density at radius 2 is 1.83 bits per heavy atom. The summed E-state index contributed by atoms with van der Waals surface area (Å²) in [5, 5.41) is 13.6. The number of aromatic nitrogens is 4. The van der Waals surface area contributed by atoms with Crippen LogP contribution in [0.5, 0.6) is 11.5 Å². The zero-order valence-electron chi connectivity index (χ0n) is 16.4. The van der Waals surface area contributed by atoms with Crippen molar-refractivity contribution < 1.29 is 13.9 Å². The van der Waals surface area contributed by atoms with Gasteiger partial charge >= 0.3 is 0 Å². The Bertz CT molecular complexity index is 1120. The summed E-state index contributed by atoms with van der Waals surface area (Å²) in [4.78, 5) is 0.676. The van der Waals surface area contributed by atoms with Gasteiger partial charge in [0, 0.05) is 0 Å². The summed E-state index contributed by atoms with van der Waals surface area (Å²) in [5.41, 5.74) is 2.33. The molecule has 4 aromatic rings. The third kappa shape index (κ3) is 4.37. The van der Waals surface area contributed by atoms with Crippen LogP contribution < -0.4 is 9.47 Å². The number of halogens is 1. The van der Waals surface area contributed by atoms with Gasteiger partial charge in [-0.2, -0.15) is 9.61 Å². The van der Waals surface area contributed by atoms with E-state index in [1.807, 2.05) is 6.92 Å². The number of aryl methyl sites for hydroxylation is 1. The summed E-state index contributed by atoms with van der Waals surface area (Å²) in [5.74, 6) is 2.08. The van der Waals surface area contributed by atoms with Gasteiger partial charge in [0.2, 0.25) is 4.96 Å². The monoisotopic (exact) mass is 412 g/mol. The minimum Gasteiger partial charge on any atom is -0.486 e. The van der Waals surface area contributed by atoms with Crippen molar-refractivity contribution in [2.45, 2.75) is 39.9 Å². The van der Waals surface area contributed by atoms with Crippen molar-refractivity contribution in [3.05, 3.63) is 70.2 Å². The number of ether oxygens (including phenoxy) is 2. The first-order valence-electron chi connectivity index (χ1n) is 9.31. The van der Waals surface area contributed by atoms with Crippen LogP contribution in [0.2, 0.25) is 0 Å². The summed E-state index contributed by atoms with van der Waals surface area (Å²) in [6.45, 7) is 6.89. The summed E-state index contributed by atoms with van der Waals surface area (Å²) in [6, 6.07) is 12.1. The van der Waals surface area contributed by atoms with Gasteiger partial charge in [0.05, 0.1) is 0 Å². The number of fused-ring (bicyclic) bond motifs is 1. The zero-order chi connectivity index (χ0) is 20.4. The largest absolute Gasteiger partial charge is 0.486 e. The SMILES string of the molecule is Cc1ccc(C(C)C)c(OCc2nn3c(COc4ccc(F)cc4)nnc3s2)c1. The van der Waals surface area contributed by atoms with Crippen molar-refractivity contribution in [2.75, 3.05) is 0 Å². The fourth-order valence-corrected chi connectivity index (χ4v) is 3.67. The van der Waals surface area contributed by atoms with Gasteiger partial charge in [-0.1, -0.05) is 37.3 Å². The number of rotatable bonds is 7. The minimum atomic E-state index is -0.305. The molecule has 0 aliphatic rings. The number of hydrogen-bond acceptors (Lipinski definition) is 6. The molecule has 0 saturated carbocycles. The highest BCUT2D eigenvalue weighted by Gasteiger charge is 2.14. The van der Waals surface area contributed by atoms with E-state index in [4.69, 9.17) is 9.47 Å². The maximum Gasteiger partial charge on any atom is 0.234 e. The van der Waals surface area contributed by atoms with Crippen LogP contribution in [0.15, 0.2) is 42.5 Å². The molecule has 0 fully saturated rings. The molecule has 0 bridgehead atoms. The van der Waals surface area contributed by atoms with Crippen LogP contribution in [-0.4, -0.2) is 19.8 Å². The molecule has 0 aliphatic heterocycles. The molecule has 0 N–H and O–H groups in total. The van der Waals surface area contributed by atoms with Crippen LogP contribution in [0.1, 0.15) is 41.7 Å². The normalized spacial score (nSPS) is 11.3. The smallest absolute Gasteiger partial charge is 0.234 e. The van der Waals surface area contributed by atoms with Crippen molar-refractivity contribution in [3.63, 3.8) is 0 Å². The molecule has 0 aliphatic carbocycles. The summed E-state index contributed by atoms with van der Waals surface area (Å²) >= 11 is 1.43. The Labute approximate surface area is 171 Å². The van der Waals surface area contributed by atoms with Crippen molar-refractivity contribution in [1.82, 2.24) is 19.8 Å². The van der Waals surface area contributed by atoms with E-state index in [2.05, 4.69) is 47.3 Å². The third-order valence-corrected chi connectivity index (χ3v) is 5.29. The third-order valence-electron chi connectivity index (χ3n) is 4.42. The lowest BCUT2D eigenvalue weighted by molar-refractivity contribution is 0.289. The molecule has 0 radical (unpaired) electrons. The Kier molecular flexibility index (Phi) is 5.44. The van der Waals surface area contributed by atoms with Gasteiger partial charge < -0.3 is 9.47 Å². The second-order valence-electron chi connectivity index (χ2n) is 7.03. The first kappa shape index (κ1) is 19.3. The lowest BCUT2D eigenvalue weighted by atomic mass is 10.0. The first-order valence-corrected chi connectivity index (χ1v) is 10.1. The predicted octanol–water partition coefficient (Wildman–Crippen LogP) is 4.91. The topological polar surface area (TPSA) is 61.5 Å². The molecule has 4 rings (SSSR count). The van der Waals surface area contributed by atoms with E-state index in [1.165, 1.54) is 29.0 Å². The fraction of sp³-hybridized carbons (Fsp3) is 0.286. The van der Waals surface area contributed by atoms with Crippen LogP contribution >= 0.6 is 11.3 Å². The standard InChI is InChI=1S/C21H21FN4O2S/c1-13(2)17-9-4-14(3)10-18(17)28-12-20-25-26-19(23-24-21(26)29-20)11-27-16-7-5-15(22)6-8-16/h4-10,13H,11-12H2,1-3H3. The lowest BCUT2D eigenvalue weighted by Gasteiger charge is -2.14. The maximum absolute atomic E-state index is 13.0. The van der Waals surface area contributed by atoms with Gasteiger partial charge in [-0.15, -0.1) is 10.2 Å². The molecule has 8 heteroatoms. The van der Waals surface area contributed by atoms with Crippen molar-refractivity contribution >= 4 is 16.3 Å². The van der Waals surface area contributed by atoms with Crippen LogP contribution in [0.25, 0.3) is 4.96 Å². The molecule has 0 atom stereocenters. The lowest BCUT2D eigenvalue weighted by Crippen LogP contribution is -2.04. The van der Waals surface area contributed by atoms with E-state index >= 15 is 0 Å². The van der Waals surface area contributed by atoms with E-state index in [-0.39, 0.29) is 12.4 Å². The molecule has 0 amide bonds. The van der Waals surface area contributed by atoms with Gasteiger partial charge in [-0.05, 0) is 54.3 Å². The highest BCUT2D eigenvalue weighted by molar-refractivity contribution is 7.16. The van der Waals surface area contributed by atoms with E-state index < -0.39 is 0 Å². The minimum absolute atomic E-state index is 0.187. The number of benzene rings is 2. The average molecular weight is 412 g/mol. The fourth-order valence-electron chi connectivity index (χ4n) is 2.91. The molecule has 2 heterocycles. The second-order valence-corrected chi connectivity index (χ2v) is 8.07. The van der Waals surface area contributed by atoms with Gasteiger partial charge in [0.1, 0.15) is 30.5 Å². The molecule has 2 aromatic carbocycles. The number of hydrogen-bond donors (Lipinski definition) is 0. The maximum atomic E-state index is 13.0. The van der Waals surface area contributed by atoms with E-state index in [1.54, 1.807) is 16.6 Å². The van der Waals surface area contributed by atoms with E-state index in [9.17, 15) is 4.39 Å². The summed E-state index contributed by atoms with van der Waals surface area (Å²) < 4.78 is 26.4. The molecule has 150 valence electrons. The Balaban J connectivity index is 1.46. The summed E-state index contributed by atoms with van der Waals surface area (Å²) in [6.07, 6.45) is 0. The molecule has 0 saturated heterocycles. The Morgan fingerprint density at radius 1 is 1.03 bits per heavy atom. The van der Waals surface area contributed by atoms with Crippen LogP contribution in [0, 0.1) is 12.7 Å². The van der Waals surface area contributed by atoms with Gasteiger partial charge in [0.25, 0.3) is 0 Å². The van der Waals surface area contributed by atoms with Crippen molar-refractivity contribution in [1.29, 1.82) is 0 Å². The molecular formula is C21H21FN4O2S. The zero-order valence-corrected chi connectivity index (χ0v) is 17.2. The Hall–Kier alpha value is -3.00. The van der Waals surface area contributed by atoms with Gasteiger partial charge in [-0.3, -0.25) is 0 Å². The highest BCUT2D eigenvalue weighted by Crippen LogP contribution is 2.28. The average Bonchev–Trinajstić information content (AvgIpc) is 3.26. The molecule has 2 aromatic heterocycles. The molecule has 0 spiro atoms. The molecular weight excluding hydrogens is 391 g/mol. The highest BCUT2D eigenvalue weighted by atomic mass is 32.1. The molecule has 29 heavy (non-hydrogen) atoms. The van der Waals surface area contributed by atoms with Crippen LogP contribution in [0.3, 0.4) is 0 Å². The van der Waals surface area contributed by atoms with E-state index in [0.29, 0.717) is 29.1 Å². The van der Waals surface area contributed by atoms with Gasteiger partial charge in [0.15, 0.2) is 10.8 Å². The molecule has 0 unspecified atom stereocenters. The second kappa shape index (κ2) is 8.16. The van der Waals surface area contributed by atoms with Crippen molar-refractivity contribution in [2.24, 2.45) is 0 Å². The quantitative estimate of drug-likeness (QED) is 0.431. The van der Waals surface area contributed by atoms with E-state index in [0.717, 1.165) is 16.3 Å². The predicted molar refractivity (Wildman–Crippen MR) is 109 cm³/mol. The van der Waals surface area contributed by atoms with Crippen molar-refractivity contribution in [3.8, 4) is 11.5 Å². The summed E-state index contributed by atoms with van der Waals surface area (Å²) in [7, 11) is 0. The Morgan fingerprint density at radius 3 is 2.59 bits per heavy atom. The van der Waals surface area contributed by atoms with Crippen LogP contribution in [-0.2, 0) is 13.2 Å². The number of nitrogens with zero attached hydrogens (tertiary/aromatic N) is 4. The van der Waals surface area contributed by atoms with Crippen LogP contribution in [0.4, 0.5) is 4.39 Å². The first-order chi connectivity index (χ1) is 14.0.